The fourth-order valence-corrected chi connectivity index (χ4v) is 2.07. The molecule has 0 fully saturated rings. The molecule has 0 radical (unpaired) electrons. The van der Waals surface area contributed by atoms with Crippen LogP contribution in [0.3, 0.4) is 0 Å². The lowest BCUT2D eigenvalue weighted by molar-refractivity contribution is 0.0894. The molecular weight excluding hydrogens is 300 g/mol. The number of rotatable bonds is 8. The number of ether oxygens (including phenoxy) is 1. The second kappa shape index (κ2) is 9.70. The van der Waals surface area contributed by atoms with E-state index in [1.54, 1.807) is 12.1 Å². The highest BCUT2D eigenvalue weighted by molar-refractivity contribution is 5.95. The minimum atomic E-state index is -0.328. The Bertz CT molecular complexity index is 451. The fraction of sp³-hybridized carbons (Fsp3) is 0.588. The molecule has 0 atom stereocenters. The summed E-state index contributed by atoms with van der Waals surface area (Å²) in [4.78, 5) is 12.4. The molecule has 1 amide bonds. The summed E-state index contributed by atoms with van der Waals surface area (Å²) in [5.74, 6) is 1.08. The number of benzene rings is 1. The van der Waals surface area contributed by atoms with Crippen LogP contribution in [0.4, 0.5) is 0 Å². The molecule has 0 aromatic heterocycles. The van der Waals surface area contributed by atoms with Gasteiger partial charge in [-0.3, -0.25) is 4.79 Å². The minimum absolute atomic E-state index is 0. The van der Waals surface area contributed by atoms with Crippen LogP contribution in [0.1, 0.15) is 50.9 Å². The molecule has 0 heterocycles. The van der Waals surface area contributed by atoms with Gasteiger partial charge in [-0.05, 0) is 37.0 Å². The van der Waals surface area contributed by atoms with Crippen LogP contribution in [0.2, 0.25) is 0 Å². The molecule has 0 unspecified atom stereocenters. The van der Waals surface area contributed by atoms with Crippen LogP contribution < -0.4 is 15.8 Å². The summed E-state index contributed by atoms with van der Waals surface area (Å²) >= 11 is 0. The van der Waals surface area contributed by atoms with Crippen LogP contribution in [-0.4, -0.2) is 24.6 Å². The number of amides is 1. The second-order valence-electron chi connectivity index (χ2n) is 5.88. The van der Waals surface area contributed by atoms with Crippen molar-refractivity contribution in [1.82, 2.24) is 5.32 Å². The number of hydrogen-bond acceptors (Lipinski definition) is 3. The van der Waals surface area contributed by atoms with Crippen LogP contribution >= 0.6 is 12.4 Å². The summed E-state index contributed by atoms with van der Waals surface area (Å²) in [6.07, 6.45) is 1.63. The van der Waals surface area contributed by atoms with Gasteiger partial charge in [0.1, 0.15) is 5.75 Å². The van der Waals surface area contributed by atoms with Gasteiger partial charge in [-0.2, -0.15) is 0 Å². The van der Waals surface area contributed by atoms with Gasteiger partial charge in [0.15, 0.2) is 0 Å². The van der Waals surface area contributed by atoms with E-state index in [1.807, 2.05) is 26.0 Å². The molecule has 0 bridgehead atoms. The van der Waals surface area contributed by atoms with E-state index in [-0.39, 0.29) is 23.9 Å². The molecule has 0 spiro atoms. The molecular formula is C17H29ClN2O2. The Morgan fingerprint density at radius 3 is 2.45 bits per heavy atom. The molecule has 0 aliphatic rings. The monoisotopic (exact) mass is 328 g/mol. The Morgan fingerprint density at radius 2 is 1.95 bits per heavy atom. The lowest BCUT2D eigenvalue weighted by atomic mass is 9.92. The van der Waals surface area contributed by atoms with Crippen molar-refractivity contribution < 1.29 is 9.53 Å². The molecule has 1 aromatic carbocycles. The maximum Gasteiger partial charge on any atom is 0.251 e. The molecule has 0 saturated heterocycles. The summed E-state index contributed by atoms with van der Waals surface area (Å²) in [6.45, 7) is 9.35. The van der Waals surface area contributed by atoms with E-state index in [0.29, 0.717) is 24.6 Å². The molecule has 1 rings (SSSR count). The van der Waals surface area contributed by atoms with E-state index in [0.717, 1.165) is 18.6 Å². The van der Waals surface area contributed by atoms with E-state index in [1.165, 1.54) is 0 Å². The highest BCUT2D eigenvalue weighted by atomic mass is 35.5. The average molecular weight is 329 g/mol. The summed E-state index contributed by atoms with van der Waals surface area (Å²) in [6, 6.07) is 7.29. The Kier molecular flexibility index (Phi) is 9.14. The molecule has 22 heavy (non-hydrogen) atoms. The van der Waals surface area contributed by atoms with Gasteiger partial charge in [0.25, 0.3) is 5.91 Å². The molecule has 1 aromatic rings. The van der Waals surface area contributed by atoms with Gasteiger partial charge in [0, 0.05) is 12.1 Å². The van der Waals surface area contributed by atoms with Gasteiger partial charge in [0.05, 0.1) is 12.1 Å². The smallest absolute Gasteiger partial charge is 0.251 e. The van der Waals surface area contributed by atoms with Gasteiger partial charge < -0.3 is 15.8 Å². The third kappa shape index (κ3) is 5.85. The second-order valence-corrected chi connectivity index (χ2v) is 5.88. The number of halogens is 1. The lowest BCUT2D eigenvalue weighted by Gasteiger charge is -2.31. The third-order valence-electron chi connectivity index (χ3n) is 3.80. The number of nitrogens with two attached hydrogens (primary N) is 1. The van der Waals surface area contributed by atoms with Crippen molar-refractivity contribution in [2.75, 3.05) is 13.2 Å². The Labute approximate surface area is 140 Å². The van der Waals surface area contributed by atoms with Gasteiger partial charge >= 0.3 is 0 Å². The van der Waals surface area contributed by atoms with E-state index in [4.69, 9.17) is 10.5 Å². The van der Waals surface area contributed by atoms with E-state index >= 15 is 0 Å². The molecule has 0 aliphatic heterocycles. The van der Waals surface area contributed by atoms with E-state index < -0.39 is 0 Å². The Balaban J connectivity index is 0.00000441. The zero-order valence-electron chi connectivity index (χ0n) is 14.0. The van der Waals surface area contributed by atoms with E-state index in [2.05, 4.69) is 19.2 Å². The maximum absolute atomic E-state index is 12.4. The summed E-state index contributed by atoms with van der Waals surface area (Å²) < 4.78 is 5.66. The highest BCUT2D eigenvalue weighted by Gasteiger charge is 2.26. The predicted octanol–water partition coefficient (Wildman–Crippen LogP) is 3.39. The largest absolute Gasteiger partial charge is 0.493 e. The Hall–Kier alpha value is -1.26. The van der Waals surface area contributed by atoms with Crippen LogP contribution in [0.15, 0.2) is 24.3 Å². The maximum atomic E-state index is 12.4. The van der Waals surface area contributed by atoms with Crippen LogP contribution in [0.5, 0.6) is 5.75 Å². The van der Waals surface area contributed by atoms with Gasteiger partial charge in [0.2, 0.25) is 0 Å². The van der Waals surface area contributed by atoms with E-state index in [9.17, 15) is 4.79 Å². The van der Waals surface area contributed by atoms with Crippen LogP contribution in [-0.2, 0) is 0 Å². The van der Waals surface area contributed by atoms with Gasteiger partial charge in [-0.25, -0.2) is 0 Å². The molecule has 3 N–H and O–H groups in total. The molecule has 0 saturated carbocycles. The Morgan fingerprint density at radius 1 is 1.32 bits per heavy atom. The first-order valence-electron chi connectivity index (χ1n) is 7.71. The first-order valence-corrected chi connectivity index (χ1v) is 7.71. The van der Waals surface area contributed by atoms with Gasteiger partial charge in [-0.1, -0.05) is 33.8 Å². The average Bonchev–Trinajstić information content (AvgIpc) is 2.51. The molecule has 0 aliphatic carbocycles. The van der Waals surface area contributed by atoms with Crippen LogP contribution in [0, 0.1) is 5.92 Å². The standard InChI is InChI=1S/C17H28N2O2.ClH/c1-5-17(6-2,12-18)19-16(20)14-8-7-9-15(10-14)21-11-13(3)4;/h7-10,13H,5-6,11-12,18H2,1-4H3,(H,19,20);1H. The number of carbonyl (C=O) groups excluding carboxylic acids is 1. The van der Waals surface area contributed by atoms with Crippen molar-refractivity contribution in [2.45, 2.75) is 46.1 Å². The summed E-state index contributed by atoms with van der Waals surface area (Å²) in [5, 5.41) is 3.07. The SMILES string of the molecule is CCC(CC)(CN)NC(=O)c1cccc(OCC(C)C)c1.Cl. The normalized spacial score (nSPS) is 11.0. The van der Waals surface area contributed by atoms with Crippen LogP contribution in [0.25, 0.3) is 0 Å². The fourth-order valence-electron chi connectivity index (χ4n) is 2.07. The number of nitrogens with one attached hydrogen (secondary N) is 1. The van der Waals surface area contributed by atoms with Crippen molar-refractivity contribution in [3.05, 3.63) is 29.8 Å². The topological polar surface area (TPSA) is 64.3 Å². The van der Waals surface area contributed by atoms with Crippen molar-refractivity contribution in [2.24, 2.45) is 11.7 Å². The lowest BCUT2D eigenvalue weighted by Crippen LogP contribution is -2.52. The van der Waals surface area contributed by atoms with Crippen molar-refractivity contribution in [3.8, 4) is 5.75 Å². The molecule has 4 nitrogen and oxygen atoms in total. The van der Waals surface area contributed by atoms with Crippen molar-refractivity contribution in [3.63, 3.8) is 0 Å². The first-order chi connectivity index (χ1) is 9.96. The van der Waals surface area contributed by atoms with Crippen molar-refractivity contribution in [1.29, 1.82) is 0 Å². The first kappa shape index (κ1) is 20.7. The number of hydrogen-bond donors (Lipinski definition) is 2. The summed E-state index contributed by atoms with van der Waals surface area (Å²) in [7, 11) is 0. The molecule has 126 valence electrons. The highest BCUT2D eigenvalue weighted by Crippen LogP contribution is 2.17. The zero-order chi connectivity index (χ0) is 15.9. The summed E-state index contributed by atoms with van der Waals surface area (Å²) in [5.41, 5.74) is 6.11. The predicted molar refractivity (Wildman–Crippen MR) is 93.9 cm³/mol. The third-order valence-corrected chi connectivity index (χ3v) is 3.80. The zero-order valence-corrected chi connectivity index (χ0v) is 14.8. The van der Waals surface area contributed by atoms with Crippen molar-refractivity contribution >= 4 is 18.3 Å². The molecule has 5 heteroatoms. The van der Waals surface area contributed by atoms with Gasteiger partial charge in [-0.15, -0.1) is 12.4 Å². The quantitative estimate of drug-likeness (QED) is 0.768. The minimum Gasteiger partial charge on any atom is -0.493 e. The number of carbonyl (C=O) groups is 1.